The van der Waals surface area contributed by atoms with Crippen LogP contribution >= 0.6 is 0 Å². The van der Waals surface area contributed by atoms with Crippen LogP contribution in [0.2, 0.25) is 0 Å². The number of ether oxygens (including phenoxy) is 1. The zero-order valence-electron chi connectivity index (χ0n) is 34.0. The molecule has 1 N–H and O–H groups in total. The van der Waals surface area contributed by atoms with Gasteiger partial charge >= 0.3 is 12.5 Å². The molecule has 5 aromatic rings. The van der Waals surface area contributed by atoms with E-state index in [2.05, 4.69) is 44.2 Å². The van der Waals surface area contributed by atoms with Gasteiger partial charge < -0.3 is 24.7 Å². The molecule has 0 saturated carbocycles. The summed E-state index contributed by atoms with van der Waals surface area (Å²) in [5.74, 6) is 1.25. The molecule has 14 nitrogen and oxygen atoms in total. The van der Waals surface area contributed by atoms with Crippen molar-refractivity contribution in [3.05, 3.63) is 95.1 Å². The molecule has 2 fully saturated rings. The van der Waals surface area contributed by atoms with Gasteiger partial charge in [-0.05, 0) is 93.1 Å². The Kier molecular flexibility index (Phi) is 11.1. The first kappa shape index (κ1) is 39.3. The van der Waals surface area contributed by atoms with Gasteiger partial charge in [0.25, 0.3) is 0 Å². The van der Waals surface area contributed by atoms with E-state index in [0.29, 0.717) is 42.6 Å². The molecule has 5 heterocycles. The molecule has 2 amide bonds. The molecule has 2 saturated heterocycles. The molecule has 0 spiro atoms. The second kappa shape index (κ2) is 16.4. The van der Waals surface area contributed by atoms with Crippen molar-refractivity contribution in [2.75, 3.05) is 49.7 Å². The van der Waals surface area contributed by atoms with E-state index in [1.807, 2.05) is 73.8 Å². The fraction of sp³-hybridized carbons (Fsp3) is 0.465. The van der Waals surface area contributed by atoms with E-state index in [1.54, 1.807) is 6.07 Å². The van der Waals surface area contributed by atoms with E-state index in [9.17, 15) is 9.59 Å². The number of hydrogen-bond donors (Lipinski definition) is 1. The van der Waals surface area contributed by atoms with Crippen molar-refractivity contribution in [1.29, 1.82) is 0 Å². The summed E-state index contributed by atoms with van der Waals surface area (Å²) in [5, 5.41) is 17.8. The number of hydrogen-bond acceptors (Lipinski definition) is 10. The maximum atomic E-state index is 15.3. The zero-order valence-corrected chi connectivity index (χ0v) is 34.0. The van der Waals surface area contributed by atoms with Gasteiger partial charge in [0.05, 0.1) is 23.6 Å². The van der Waals surface area contributed by atoms with Crippen molar-refractivity contribution < 1.29 is 23.6 Å². The summed E-state index contributed by atoms with van der Waals surface area (Å²) in [6, 6.07) is 17.5. The Morgan fingerprint density at radius 2 is 1.76 bits per heavy atom. The molecule has 0 radical (unpaired) electrons. The minimum absolute atomic E-state index is 0.165. The third-order valence-corrected chi connectivity index (χ3v) is 11.6. The number of likely N-dealkylation sites (N-methyl/N-ethyl adjacent to an activating group) is 1. The smallest absolute Gasteiger partial charge is 0.357 e. The number of benzene rings is 2. The molecule has 1 aliphatic carbocycles. The summed E-state index contributed by atoms with van der Waals surface area (Å²) in [5.41, 5.74) is 3.98. The molecule has 15 heteroatoms. The first-order valence-electron chi connectivity index (χ1n) is 20.3. The highest BCUT2D eigenvalue weighted by molar-refractivity contribution is 5.90. The third kappa shape index (κ3) is 8.23. The van der Waals surface area contributed by atoms with E-state index in [0.717, 1.165) is 78.9 Å². The number of rotatable bonds is 10. The zero-order chi connectivity index (χ0) is 40.6. The van der Waals surface area contributed by atoms with Gasteiger partial charge in [0.15, 0.2) is 11.5 Å². The molecule has 58 heavy (non-hydrogen) atoms. The number of carbonyl (C=O) groups is 2. The van der Waals surface area contributed by atoms with Crippen molar-refractivity contribution in [1.82, 2.24) is 39.5 Å². The quantitative estimate of drug-likeness (QED) is 0.120. The number of halogens is 1. The minimum atomic E-state index is -0.667. The van der Waals surface area contributed by atoms with Gasteiger partial charge in [-0.1, -0.05) is 45.0 Å². The van der Waals surface area contributed by atoms with Crippen LogP contribution in [0.5, 0.6) is 5.75 Å². The predicted molar refractivity (Wildman–Crippen MR) is 219 cm³/mol. The average molecular weight is 793 g/mol. The first-order valence-corrected chi connectivity index (χ1v) is 20.3. The predicted octanol–water partition coefficient (Wildman–Crippen LogP) is 6.74. The summed E-state index contributed by atoms with van der Waals surface area (Å²) in [7, 11) is 2.10. The summed E-state index contributed by atoms with van der Waals surface area (Å²) in [4.78, 5) is 38.6. The van der Waals surface area contributed by atoms with Crippen LogP contribution in [-0.2, 0) is 21.6 Å². The molecule has 8 rings (SSSR count). The molecular weight excluding hydrogens is 740 g/mol. The Balaban J connectivity index is 1.04. The van der Waals surface area contributed by atoms with Crippen LogP contribution < -0.4 is 20.0 Å². The summed E-state index contributed by atoms with van der Waals surface area (Å²) >= 11 is 0. The average Bonchev–Trinajstić information content (AvgIpc) is 3.84. The van der Waals surface area contributed by atoms with Crippen LogP contribution in [-0.4, -0.2) is 92.5 Å². The maximum absolute atomic E-state index is 15.3. The monoisotopic (exact) mass is 792 g/mol. The number of nitrogens with zero attached hydrogens (tertiary/aromatic N) is 9. The molecule has 2 aromatic carbocycles. The molecule has 3 aliphatic rings. The van der Waals surface area contributed by atoms with Crippen LogP contribution in [0.15, 0.2) is 66.9 Å². The van der Waals surface area contributed by atoms with Crippen molar-refractivity contribution in [2.24, 2.45) is 0 Å². The Bertz CT molecular complexity index is 2260. The molecule has 0 unspecified atom stereocenters. The van der Waals surface area contributed by atoms with Crippen molar-refractivity contribution in [3.8, 4) is 11.4 Å². The molecule has 3 aromatic heterocycles. The topological polar surface area (TPSA) is 126 Å². The second-order valence-electron chi connectivity index (χ2n) is 16.9. The Morgan fingerprint density at radius 1 is 0.966 bits per heavy atom. The maximum Gasteiger partial charge on any atom is 0.357 e. The lowest BCUT2D eigenvalue weighted by Gasteiger charge is -2.34. The number of amides is 2. The van der Waals surface area contributed by atoms with Gasteiger partial charge in [0, 0.05) is 56.8 Å². The van der Waals surface area contributed by atoms with Crippen LogP contribution in [0.25, 0.3) is 11.3 Å². The van der Waals surface area contributed by atoms with Crippen molar-refractivity contribution in [2.45, 2.75) is 89.9 Å². The number of anilines is 2. The normalized spacial score (nSPS) is 20.4. The SMILES string of the molecule is C[C@H]1CCCCN1c1nnc2ccc(O[C@@H]3CC[C@H](NC(=O)N(OC=O)c4cc(C(C)(C)C)nn4-c4cc(F)cc(CN5CCN(C)CC5)c4)c4ccccc43)cn12. The minimum Gasteiger partial charge on any atom is -0.484 e. The fourth-order valence-corrected chi connectivity index (χ4v) is 8.35. The highest BCUT2D eigenvalue weighted by Gasteiger charge is 2.34. The van der Waals surface area contributed by atoms with Gasteiger partial charge in [0.2, 0.25) is 5.95 Å². The van der Waals surface area contributed by atoms with Gasteiger partial charge in [-0.25, -0.2) is 13.9 Å². The Labute approximate surface area is 338 Å². The number of hydroxylamine groups is 1. The standard InChI is InChI=1S/C43H53FN10O4/c1-29-10-8-9-17-51(29)41-47-46-39-16-13-33(27-52(39)41)58-37-15-14-36(34-11-6-7-12-35(34)37)45-42(56)54(57-28-55)40-25-38(43(2,3)4)48-53(40)32-23-30(22-31(44)24-32)26-50-20-18-49(5)19-21-50/h6-7,11-13,16,22-25,27-29,36-37H,8-10,14-15,17-21,26H2,1-5H3,(H,45,56)/t29-,36-,37+/m0/s1. The van der Waals surface area contributed by atoms with E-state index >= 15 is 4.39 Å². The number of nitrogens with one attached hydrogen (secondary N) is 1. The number of piperazine rings is 1. The van der Waals surface area contributed by atoms with E-state index in [1.165, 1.54) is 23.2 Å². The molecule has 3 atom stereocenters. The van der Waals surface area contributed by atoms with Crippen molar-refractivity contribution >= 4 is 29.9 Å². The highest BCUT2D eigenvalue weighted by atomic mass is 19.1. The molecular formula is C43H53FN10O4. The lowest BCUT2D eigenvalue weighted by Crippen LogP contribution is -2.44. The number of aromatic nitrogens is 5. The largest absolute Gasteiger partial charge is 0.484 e. The number of urea groups is 1. The van der Waals surface area contributed by atoms with Gasteiger partial charge in [-0.3, -0.25) is 14.1 Å². The molecule has 306 valence electrons. The third-order valence-electron chi connectivity index (χ3n) is 11.6. The number of piperidine rings is 1. The van der Waals surface area contributed by atoms with Crippen LogP contribution in [0, 0.1) is 5.82 Å². The number of fused-ring (bicyclic) bond motifs is 2. The Morgan fingerprint density at radius 3 is 2.52 bits per heavy atom. The Hall–Kier alpha value is -5.54. The fourth-order valence-electron chi connectivity index (χ4n) is 8.35. The second-order valence-corrected chi connectivity index (χ2v) is 16.9. The van der Waals surface area contributed by atoms with Gasteiger partial charge in [0.1, 0.15) is 17.7 Å². The lowest BCUT2D eigenvalue weighted by molar-refractivity contribution is -0.129. The first-order chi connectivity index (χ1) is 27.9. The van der Waals surface area contributed by atoms with E-state index in [4.69, 9.17) is 14.7 Å². The summed E-state index contributed by atoms with van der Waals surface area (Å²) < 4.78 is 25.5. The van der Waals surface area contributed by atoms with E-state index < -0.39 is 23.3 Å². The molecule has 2 aliphatic heterocycles. The highest BCUT2D eigenvalue weighted by Crippen LogP contribution is 2.40. The van der Waals surface area contributed by atoms with Crippen molar-refractivity contribution in [3.63, 3.8) is 0 Å². The summed E-state index contributed by atoms with van der Waals surface area (Å²) in [6.45, 7) is 13.6. The lowest BCUT2D eigenvalue weighted by atomic mass is 9.85. The van der Waals surface area contributed by atoms with Gasteiger partial charge in [-0.2, -0.15) is 5.10 Å². The summed E-state index contributed by atoms with van der Waals surface area (Å²) in [6.07, 6.45) is 6.30. The van der Waals surface area contributed by atoms with Crippen LogP contribution in [0.3, 0.4) is 0 Å². The molecule has 0 bridgehead atoms. The van der Waals surface area contributed by atoms with Gasteiger partial charge in [-0.15, -0.1) is 15.3 Å². The number of pyridine rings is 1. The van der Waals surface area contributed by atoms with E-state index in [-0.39, 0.29) is 18.4 Å². The van der Waals surface area contributed by atoms with Crippen LogP contribution in [0.4, 0.5) is 21.0 Å². The van der Waals surface area contributed by atoms with Crippen LogP contribution in [0.1, 0.15) is 94.3 Å². The number of carbonyl (C=O) groups excluding carboxylic acids is 2.